The molecule has 2 aromatic rings. The molecule has 1 N–H and O–H groups in total. The van der Waals surface area contributed by atoms with Gasteiger partial charge in [0.15, 0.2) is 6.10 Å². The Morgan fingerprint density at radius 1 is 1.24 bits per heavy atom. The fourth-order valence-electron chi connectivity index (χ4n) is 2.92. The minimum atomic E-state index is -0.821. The zero-order valence-corrected chi connectivity index (χ0v) is 13.8. The maximum absolute atomic E-state index is 13.2. The van der Waals surface area contributed by atoms with E-state index in [0.717, 1.165) is 5.56 Å². The molecule has 1 aliphatic rings. The zero-order valence-electron chi connectivity index (χ0n) is 13.8. The van der Waals surface area contributed by atoms with Crippen LogP contribution in [0.2, 0.25) is 0 Å². The van der Waals surface area contributed by atoms with Crippen molar-refractivity contribution in [3.05, 3.63) is 71.5 Å². The van der Waals surface area contributed by atoms with Crippen LogP contribution in [0.25, 0.3) is 0 Å². The van der Waals surface area contributed by atoms with Gasteiger partial charge in [-0.1, -0.05) is 42.5 Å². The van der Waals surface area contributed by atoms with E-state index in [9.17, 15) is 14.0 Å². The van der Waals surface area contributed by atoms with E-state index in [1.807, 2.05) is 30.3 Å². The number of amides is 2. The summed E-state index contributed by atoms with van der Waals surface area (Å²) in [5, 5.41) is 2.76. The van der Waals surface area contributed by atoms with E-state index in [1.165, 1.54) is 17.0 Å². The second-order valence-corrected chi connectivity index (χ2v) is 5.94. The number of nitrogens with one attached hydrogen (secondary N) is 1. The predicted molar refractivity (Wildman–Crippen MR) is 89.9 cm³/mol. The van der Waals surface area contributed by atoms with Gasteiger partial charge in [0.2, 0.25) is 5.91 Å². The number of likely N-dealkylation sites (N-methyl/N-ethyl adjacent to an activating group) is 1. The van der Waals surface area contributed by atoms with Crippen molar-refractivity contribution in [3.8, 4) is 0 Å². The molecule has 1 saturated heterocycles. The molecule has 0 spiro atoms. The van der Waals surface area contributed by atoms with Crippen molar-refractivity contribution in [2.24, 2.45) is 0 Å². The van der Waals surface area contributed by atoms with Gasteiger partial charge in [-0.3, -0.25) is 9.59 Å². The average molecular weight is 342 g/mol. The molecule has 5 nitrogen and oxygen atoms in total. The number of ether oxygens (including phenoxy) is 1. The quantitative estimate of drug-likeness (QED) is 0.925. The number of halogens is 1. The lowest BCUT2D eigenvalue weighted by Gasteiger charge is -2.38. The minimum Gasteiger partial charge on any atom is -0.356 e. The Labute approximate surface area is 145 Å². The third-order valence-electron chi connectivity index (χ3n) is 4.24. The number of morpholine rings is 1. The first-order valence-corrected chi connectivity index (χ1v) is 8.00. The first-order valence-electron chi connectivity index (χ1n) is 8.00. The van der Waals surface area contributed by atoms with Gasteiger partial charge in [0.25, 0.3) is 5.91 Å². The summed E-state index contributed by atoms with van der Waals surface area (Å²) in [6.45, 7) is 0.0491. The van der Waals surface area contributed by atoms with E-state index in [4.69, 9.17) is 4.74 Å². The molecule has 0 aromatic heterocycles. The summed E-state index contributed by atoms with van der Waals surface area (Å²) in [6.07, 6.45) is -0.821. The molecule has 0 unspecified atom stereocenters. The molecule has 0 saturated carbocycles. The minimum absolute atomic E-state index is 0.141. The normalized spacial score (nSPS) is 20.4. The highest BCUT2D eigenvalue weighted by Gasteiger charge is 2.39. The Morgan fingerprint density at radius 2 is 2.00 bits per heavy atom. The number of rotatable bonds is 4. The molecule has 2 aromatic carbocycles. The predicted octanol–water partition coefficient (Wildman–Crippen LogP) is 2.04. The first kappa shape index (κ1) is 17.1. The van der Waals surface area contributed by atoms with Crippen LogP contribution in [0.1, 0.15) is 17.2 Å². The van der Waals surface area contributed by atoms with Crippen LogP contribution in [-0.2, 0) is 20.9 Å². The highest BCUT2D eigenvalue weighted by atomic mass is 19.1. The van der Waals surface area contributed by atoms with Crippen LogP contribution in [-0.4, -0.2) is 36.5 Å². The van der Waals surface area contributed by atoms with Crippen molar-refractivity contribution < 1.29 is 18.7 Å². The van der Waals surface area contributed by atoms with Crippen LogP contribution in [0.15, 0.2) is 54.6 Å². The molecular formula is C19H19FN2O3. The standard InChI is InChI=1S/C19H19FN2O3/c1-22-16(23)12-25-18(17(22)14-7-3-2-4-8-14)19(24)21-11-13-6-5-9-15(20)10-13/h2-10,17-18H,11-12H2,1H3,(H,21,24)/t17-,18+/m1/s1. The second-order valence-electron chi connectivity index (χ2n) is 5.94. The van der Waals surface area contributed by atoms with Crippen LogP contribution < -0.4 is 5.32 Å². The van der Waals surface area contributed by atoms with Gasteiger partial charge in [0.05, 0.1) is 6.04 Å². The third kappa shape index (κ3) is 3.85. The molecule has 1 fully saturated rings. The van der Waals surface area contributed by atoms with Crippen LogP contribution in [0.5, 0.6) is 0 Å². The largest absolute Gasteiger partial charge is 0.356 e. The monoisotopic (exact) mass is 342 g/mol. The van der Waals surface area contributed by atoms with Crippen LogP contribution in [0.3, 0.4) is 0 Å². The summed E-state index contributed by atoms with van der Waals surface area (Å²) in [4.78, 5) is 26.1. The fourth-order valence-corrected chi connectivity index (χ4v) is 2.92. The maximum Gasteiger partial charge on any atom is 0.251 e. The fraction of sp³-hybridized carbons (Fsp3) is 0.263. The molecular weight excluding hydrogens is 323 g/mol. The summed E-state index contributed by atoms with van der Waals surface area (Å²) in [5.74, 6) is -0.867. The first-order chi connectivity index (χ1) is 12.1. The van der Waals surface area contributed by atoms with E-state index in [1.54, 1.807) is 19.2 Å². The van der Waals surface area contributed by atoms with Crippen molar-refractivity contribution in [1.82, 2.24) is 10.2 Å². The van der Waals surface area contributed by atoms with E-state index in [2.05, 4.69) is 5.32 Å². The summed E-state index contributed by atoms with van der Waals surface area (Å²) in [6, 6.07) is 14.8. The Bertz CT molecular complexity index is 766. The highest BCUT2D eigenvalue weighted by Crippen LogP contribution is 2.29. The smallest absolute Gasteiger partial charge is 0.251 e. The SMILES string of the molecule is CN1C(=O)CO[C@H](C(=O)NCc2cccc(F)c2)[C@H]1c1ccccc1. The van der Waals surface area contributed by atoms with Crippen molar-refractivity contribution in [2.75, 3.05) is 13.7 Å². The third-order valence-corrected chi connectivity index (χ3v) is 4.24. The van der Waals surface area contributed by atoms with Gasteiger partial charge in [-0.15, -0.1) is 0 Å². The molecule has 25 heavy (non-hydrogen) atoms. The van der Waals surface area contributed by atoms with Gasteiger partial charge >= 0.3 is 0 Å². The number of benzene rings is 2. The summed E-state index contributed by atoms with van der Waals surface area (Å²) >= 11 is 0. The molecule has 0 bridgehead atoms. The molecule has 0 aliphatic carbocycles. The molecule has 130 valence electrons. The number of hydrogen-bond acceptors (Lipinski definition) is 3. The van der Waals surface area contributed by atoms with E-state index in [-0.39, 0.29) is 30.8 Å². The van der Waals surface area contributed by atoms with E-state index >= 15 is 0 Å². The van der Waals surface area contributed by atoms with Gasteiger partial charge in [-0.05, 0) is 23.3 Å². The van der Waals surface area contributed by atoms with Crippen molar-refractivity contribution in [2.45, 2.75) is 18.7 Å². The summed E-state index contributed by atoms with van der Waals surface area (Å²) < 4.78 is 18.8. The Kier molecular flexibility index (Phi) is 5.09. The molecule has 2 atom stereocenters. The molecule has 2 amide bonds. The zero-order chi connectivity index (χ0) is 17.8. The van der Waals surface area contributed by atoms with Crippen molar-refractivity contribution in [3.63, 3.8) is 0 Å². The number of carbonyl (C=O) groups is 2. The molecule has 1 aliphatic heterocycles. The summed E-state index contributed by atoms with van der Waals surface area (Å²) in [5.41, 5.74) is 1.48. The Hall–Kier alpha value is -2.73. The molecule has 0 radical (unpaired) electrons. The van der Waals surface area contributed by atoms with E-state index < -0.39 is 12.1 Å². The van der Waals surface area contributed by atoms with Crippen LogP contribution in [0, 0.1) is 5.82 Å². The number of nitrogens with zero attached hydrogens (tertiary/aromatic N) is 1. The Morgan fingerprint density at radius 3 is 2.72 bits per heavy atom. The van der Waals surface area contributed by atoms with Gasteiger partial charge in [0.1, 0.15) is 12.4 Å². The molecule has 1 heterocycles. The van der Waals surface area contributed by atoms with Crippen molar-refractivity contribution in [1.29, 1.82) is 0 Å². The lowest BCUT2D eigenvalue weighted by Crippen LogP contribution is -2.52. The lowest BCUT2D eigenvalue weighted by molar-refractivity contribution is -0.162. The average Bonchev–Trinajstić information content (AvgIpc) is 2.62. The van der Waals surface area contributed by atoms with Gasteiger partial charge < -0.3 is 15.0 Å². The van der Waals surface area contributed by atoms with Crippen LogP contribution >= 0.6 is 0 Å². The topological polar surface area (TPSA) is 58.6 Å². The summed E-state index contributed by atoms with van der Waals surface area (Å²) in [7, 11) is 1.66. The van der Waals surface area contributed by atoms with Crippen LogP contribution in [0.4, 0.5) is 4.39 Å². The highest BCUT2D eigenvalue weighted by molar-refractivity contribution is 5.86. The number of hydrogen-bond donors (Lipinski definition) is 1. The van der Waals surface area contributed by atoms with E-state index in [0.29, 0.717) is 5.56 Å². The molecule has 6 heteroatoms. The molecule has 3 rings (SSSR count). The Balaban J connectivity index is 1.76. The second kappa shape index (κ2) is 7.44. The lowest BCUT2D eigenvalue weighted by atomic mass is 9.97. The maximum atomic E-state index is 13.2. The van der Waals surface area contributed by atoms with Crippen molar-refractivity contribution >= 4 is 11.8 Å². The number of carbonyl (C=O) groups excluding carboxylic acids is 2. The van der Waals surface area contributed by atoms with Gasteiger partial charge in [0, 0.05) is 13.6 Å². The van der Waals surface area contributed by atoms with Gasteiger partial charge in [-0.25, -0.2) is 4.39 Å². The van der Waals surface area contributed by atoms with Gasteiger partial charge in [-0.2, -0.15) is 0 Å².